The zero-order valence-electron chi connectivity index (χ0n) is 10.2. The van der Waals surface area contributed by atoms with Gasteiger partial charge in [0.1, 0.15) is 11.6 Å². The summed E-state index contributed by atoms with van der Waals surface area (Å²) in [6, 6.07) is 7.98. The van der Waals surface area contributed by atoms with E-state index in [-0.39, 0.29) is 5.75 Å². The highest BCUT2D eigenvalue weighted by molar-refractivity contribution is 5.61. The van der Waals surface area contributed by atoms with Crippen molar-refractivity contribution in [2.75, 3.05) is 11.1 Å². The molecule has 0 aliphatic carbocycles. The van der Waals surface area contributed by atoms with E-state index in [9.17, 15) is 8.78 Å². The molecule has 0 fully saturated rings. The van der Waals surface area contributed by atoms with Crippen molar-refractivity contribution in [1.82, 2.24) is 4.98 Å². The number of aryl methyl sites for hydroxylation is 1. The number of nitrogen functional groups attached to an aromatic ring is 1. The Morgan fingerprint density at radius 3 is 2.53 bits per heavy atom. The highest BCUT2D eigenvalue weighted by Crippen LogP contribution is 2.22. The Morgan fingerprint density at radius 2 is 1.95 bits per heavy atom. The fraction of sp³-hybridized carbons (Fsp3) is 0.154. The predicted molar refractivity (Wildman–Crippen MR) is 69.7 cm³/mol. The first-order valence-electron chi connectivity index (χ1n) is 5.58. The van der Waals surface area contributed by atoms with Crippen LogP contribution in [0.3, 0.4) is 0 Å². The van der Waals surface area contributed by atoms with Crippen LogP contribution in [0.4, 0.5) is 26.0 Å². The number of nitrogens with zero attached hydrogens (tertiary/aromatic N) is 1. The summed E-state index contributed by atoms with van der Waals surface area (Å²) in [5.74, 6) is 0.777. The molecule has 0 aliphatic rings. The van der Waals surface area contributed by atoms with Gasteiger partial charge in [-0.25, -0.2) is 4.98 Å². The van der Waals surface area contributed by atoms with Crippen LogP contribution in [-0.2, 0) is 0 Å². The van der Waals surface area contributed by atoms with Gasteiger partial charge in [0.15, 0.2) is 0 Å². The zero-order chi connectivity index (χ0) is 13.8. The number of pyridine rings is 1. The largest absolute Gasteiger partial charge is 0.435 e. The molecular weight excluding hydrogens is 252 g/mol. The van der Waals surface area contributed by atoms with Crippen molar-refractivity contribution in [2.24, 2.45) is 0 Å². The Labute approximate surface area is 109 Å². The molecule has 0 radical (unpaired) electrons. The lowest BCUT2D eigenvalue weighted by Gasteiger charge is -2.10. The Bertz CT molecular complexity index is 558. The number of rotatable bonds is 4. The molecule has 1 aromatic heterocycles. The molecule has 0 bridgehead atoms. The van der Waals surface area contributed by atoms with Gasteiger partial charge in [-0.3, -0.25) is 0 Å². The number of alkyl halides is 2. The van der Waals surface area contributed by atoms with E-state index < -0.39 is 6.61 Å². The van der Waals surface area contributed by atoms with Crippen LogP contribution >= 0.6 is 0 Å². The van der Waals surface area contributed by atoms with Gasteiger partial charge in [0.05, 0.1) is 11.9 Å². The van der Waals surface area contributed by atoms with Gasteiger partial charge < -0.3 is 15.8 Å². The number of halogens is 2. The third-order valence-electron chi connectivity index (χ3n) is 2.44. The van der Waals surface area contributed by atoms with Crippen LogP contribution in [0.1, 0.15) is 5.56 Å². The van der Waals surface area contributed by atoms with E-state index in [2.05, 4.69) is 15.0 Å². The molecule has 3 N–H and O–H groups in total. The maximum absolute atomic E-state index is 12.0. The Balaban J connectivity index is 2.10. The van der Waals surface area contributed by atoms with Crippen LogP contribution in [0.5, 0.6) is 5.75 Å². The number of hydrogen-bond acceptors (Lipinski definition) is 4. The van der Waals surface area contributed by atoms with E-state index in [0.29, 0.717) is 11.5 Å². The summed E-state index contributed by atoms with van der Waals surface area (Å²) in [7, 11) is 0. The van der Waals surface area contributed by atoms with Crippen LogP contribution in [-0.4, -0.2) is 11.6 Å². The average Bonchev–Trinajstić information content (AvgIpc) is 2.34. The van der Waals surface area contributed by atoms with Crippen molar-refractivity contribution in [3.05, 3.63) is 42.1 Å². The number of hydrogen-bond donors (Lipinski definition) is 2. The van der Waals surface area contributed by atoms with E-state index in [1.54, 1.807) is 24.4 Å². The number of nitrogens with one attached hydrogen (secondary N) is 1. The second-order valence-electron chi connectivity index (χ2n) is 3.96. The molecule has 100 valence electrons. The van der Waals surface area contributed by atoms with E-state index in [1.165, 1.54) is 12.1 Å². The van der Waals surface area contributed by atoms with Crippen LogP contribution < -0.4 is 15.8 Å². The van der Waals surface area contributed by atoms with E-state index in [1.807, 2.05) is 6.92 Å². The van der Waals surface area contributed by atoms with Crippen LogP contribution in [0, 0.1) is 6.92 Å². The first-order valence-corrected chi connectivity index (χ1v) is 5.58. The topological polar surface area (TPSA) is 60.2 Å². The van der Waals surface area contributed by atoms with Gasteiger partial charge in [-0.05, 0) is 42.8 Å². The minimum Gasteiger partial charge on any atom is -0.435 e. The molecule has 0 atom stereocenters. The lowest BCUT2D eigenvalue weighted by atomic mass is 10.2. The summed E-state index contributed by atoms with van der Waals surface area (Å²) < 4.78 is 28.3. The van der Waals surface area contributed by atoms with Crippen LogP contribution in [0.2, 0.25) is 0 Å². The highest BCUT2D eigenvalue weighted by Gasteiger charge is 2.05. The third kappa shape index (κ3) is 3.54. The number of benzene rings is 1. The van der Waals surface area contributed by atoms with Gasteiger partial charge in [-0.1, -0.05) is 0 Å². The molecule has 0 saturated heterocycles. The molecule has 0 unspecified atom stereocenters. The lowest BCUT2D eigenvalue weighted by molar-refractivity contribution is -0.0498. The molecule has 19 heavy (non-hydrogen) atoms. The maximum atomic E-state index is 12.0. The molecular formula is C13H13F2N3O. The fourth-order valence-corrected chi connectivity index (χ4v) is 1.58. The molecule has 2 aromatic rings. The monoisotopic (exact) mass is 265 g/mol. The molecule has 0 spiro atoms. The second kappa shape index (κ2) is 5.51. The Morgan fingerprint density at radius 1 is 1.26 bits per heavy atom. The van der Waals surface area contributed by atoms with E-state index >= 15 is 0 Å². The van der Waals surface area contributed by atoms with Gasteiger partial charge in [0.25, 0.3) is 0 Å². The molecule has 1 aromatic carbocycles. The minimum absolute atomic E-state index is 0.113. The molecule has 1 heterocycles. The first-order chi connectivity index (χ1) is 9.04. The molecule has 6 heteroatoms. The van der Waals surface area contributed by atoms with Crippen molar-refractivity contribution in [2.45, 2.75) is 13.5 Å². The van der Waals surface area contributed by atoms with E-state index in [4.69, 9.17) is 5.73 Å². The van der Waals surface area contributed by atoms with Crippen LogP contribution in [0.25, 0.3) is 0 Å². The van der Waals surface area contributed by atoms with Gasteiger partial charge >= 0.3 is 6.61 Å². The highest BCUT2D eigenvalue weighted by atomic mass is 19.3. The minimum atomic E-state index is -2.82. The Kier molecular flexibility index (Phi) is 3.79. The second-order valence-corrected chi connectivity index (χ2v) is 3.96. The normalized spacial score (nSPS) is 10.5. The molecule has 2 rings (SSSR count). The van der Waals surface area contributed by atoms with Crippen LogP contribution in [0.15, 0.2) is 36.5 Å². The van der Waals surface area contributed by atoms with Crippen molar-refractivity contribution in [3.63, 3.8) is 0 Å². The standard InChI is InChI=1S/C13H13F2N3O/c1-8-6-9(16)7-17-12(8)18-10-2-4-11(5-3-10)19-13(14)15/h2-7,13H,16H2,1H3,(H,17,18). The number of anilines is 3. The number of aromatic nitrogens is 1. The summed E-state index contributed by atoms with van der Waals surface area (Å²) >= 11 is 0. The lowest BCUT2D eigenvalue weighted by Crippen LogP contribution is -2.02. The summed E-state index contributed by atoms with van der Waals surface area (Å²) in [6.07, 6.45) is 1.55. The quantitative estimate of drug-likeness (QED) is 0.890. The van der Waals surface area contributed by atoms with Gasteiger partial charge in [-0.15, -0.1) is 0 Å². The van der Waals surface area contributed by atoms with Gasteiger partial charge in [0.2, 0.25) is 0 Å². The van der Waals surface area contributed by atoms with Crippen molar-refractivity contribution in [3.8, 4) is 5.75 Å². The van der Waals surface area contributed by atoms with Crippen molar-refractivity contribution < 1.29 is 13.5 Å². The molecule has 4 nitrogen and oxygen atoms in total. The SMILES string of the molecule is Cc1cc(N)cnc1Nc1ccc(OC(F)F)cc1. The maximum Gasteiger partial charge on any atom is 0.387 e. The number of ether oxygens (including phenoxy) is 1. The third-order valence-corrected chi connectivity index (χ3v) is 2.44. The van der Waals surface area contributed by atoms with E-state index in [0.717, 1.165) is 11.3 Å². The smallest absolute Gasteiger partial charge is 0.387 e. The summed E-state index contributed by atoms with van der Waals surface area (Å²) in [5.41, 5.74) is 7.82. The average molecular weight is 265 g/mol. The zero-order valence-corrected chi connectivity index (χ0v) is 10.2. The fourth-order valence-electron chi connectivity index (χ4n) is 1.58. The Hall–Kier alpha value is -2.37. The van der Waals surface area contributed by atoms with Gasteiger partial charge in [-0.2, -0.15) is 8.78 Å². The number of nitrogens with two attached hydrogens (primary N) is 1. The van der Waals surface area contributed by atoms with Crippen molar-refractivity contribution >= 4 is 17.2 Å². The molecule has 0 aliphatic heterocycles. The predicted octanol–water partition coefficient (Wildman–Crippen LogP) is 3.32. The molecule has 0 amide bonds. The van der Waals surface area contributed by atoms with Crippen molar-refractivity contribution in [1.29, 1.82) is 0 Å². The summed E-state index contributed by atoms with van der Waals surface area (Å²) in [4.78, 5) is 4.16. The summed E-state index contributed by atoms with van der Waals surface area (Å²) in [6.45, 7) is -0.945. The first kappa shape index (κ1) is 13.1. The van der Waals surface area contributed by atoms with Gasteiger partial charge in [0, 0.05) is 5.69 Å². The molecule has 0 saturated carbocycles. The summed E-state index contributed by atoms with van der Waals surface area (Å²) in [5, 5.41) is 3.07.